The Balaban J connectivity index is 4.89. The standard InChI is InChI=1S/C14H26O4/c1-7-14(6,12(16)18-9-3)10-13(4,5)11(15)17-8-2/h7-10H2,1-6H3. The summed E-state index contributed by atoms with van der Waals surface area (Å²) in [7, 11) is 0. The number of carbonyl (C=O) groups is 2. The quantitative estimate of drug-likeness (QED) is 0.659. The summed E-state index contributed by atoms with van der Waals surface area (Å²) >= 11 is 0. The predicted octanol–water partition coefficient (Wildman–Crippen LogP) is 2.95. The van der Waals surface area contributed by atoms with Crippen LogP contribution in [0.1, 0.15) is 54.4 Å². The highest BCUT2D eigenvalue weighted by Crippen LogP contribution is 2.38. The van der Waals surface area contributed by atoms with E-state index in [0.717, 1.165) is 0 Å². The van der Waals surface area contributed by atoms with E-state index in [1.54, 1.807) is 27.7 Å². The van der Waals surface area contributed by atoms with Gasteiger partial charge in [0, 0.05) is 0 Å². The van der Waals surface area contributed by atoms with Gasteiger partial charge in [-0.1, -0.05) is 6.92 Å². The fourth-order valence-electron chi connectivity index (χ4n) is 2.02. The molecule has 0 aromatic carbocycles. The van der Waals surface area contributed by atoms with E-state index in [-0.39, 0.29) is 11.9 Å². The third-order valence-electron chi connectivity index (χ3n) is 3.21. The van der Waals surface area contributed by atoms with Crippen molar-refractivity contribution in [3.05, 3.63) is 0 Å². The molecule has 0 fully saturated rings. The van der Waals surface area contributed by atoms with E-state index in [4.69, 9.17) is 9.47 Å². The molecular weight excluding hydrogens is 232 g/mol. The van der Waals surface area contributed by atoms with Gasteiger partial charge in [-0.05, 0) is 47.5 Å². The number of hydrogen-bond acceptors (Lipinski definition) is 4. The van der Waals surface area contributed by atoms with Gasteiger partial charge in [0.25, 0.3) is 0 Å². The lowest BCUT2D eigenvalue weighted by atomic mass is 9.72. The lowest BCUT2D eigenvalue weighted by Crippen LogP contribution is -2.38. The van der Waals surface area contributed by atoms with Gasteiger partial charge in [0.2, 0.25) is 0 Å². The summed E-state index contributed by atoms with van der Waals surface area (Å²) in [5, 5.41) is 0. The van der Waals surface area contributed by atoms with Crippen molar-refractivity contribution in [2.75, 3.05) is 13.2 Å². The molecule has 1 unspecified atom stereocenters. The topological polar surface area (TPSA) is 52.6 Å². The molecule has 4 nitrogen and oxygen atoms in total. The van der Waals surface area contributed by atoms with Crippen LogP contribution < -0.4 is 0 Å². The highest BCUT2D eigenvalue weighted by molar-refractivity contribution is 5.80. The summed E-state index contributed by atoms with van der Waals surface area (Å²) in [6.45, 7) is 11.6. The number of carbonyl (C=O) groups excluding carboxylic acids is 2. The first-order valence-electron chi connectivity index (χ1n) is 6.58. The fourth-order valence-corrected chi connectivity index (χ4v) is 2.02. The Kier molecular flexibility index (Phi) is 6.36. The molecule has 0 bridgehead atoms. The zero-order valence-corrected chi connectivity index (χ0v) is 12.5. The second-order valence-corrected chi connectivity index (χ2v) is 5.42. The van der Waals surface area contributed by atoms with Crippen LogP contribution in [0, 0.1) is 10.8 Å². The smallest absolute Gasteiger partial charge is 0.311 e. The SMILES string of the molecule is CCOC(=O)C(C)(C)CC(C)(CC)C(=O)OCC. The normalized spacial score (nSPS) is 14.8. The van der Waals surface area contributed by atoms with Crippen molar-refractivity contribution in [2.45, 2.75) is 54.4 Å². The summed E-state index contributed by atoms with van der Waals surface area (Å²) in [5.74, 6) is -0.515. The van der Waals surface area contributed by atoms with Crippen LogP contribution in [0.2, 0.25) is 0 Å². The molecule has 106 valence electrons. The maximum absolute atomic E-state index is 12.0. The van der Waals surface area contributed by atoms with Crippen molar-refractivity contribution in [3.63, 3.8) is 0 Å². The highest BCUT2D eigenvalue weighted by Gasteiger charge is 2.42. The Morgan fingerprint density at radius 2 is 1.33 bits per heavy atom. The van der Waals surface area contributed by atoms with Gasteiger partial charge in [-0.15, -0.1) is 0 Å². The van der Waals surface area contributed by atoms with Gasteiger partial charge in [0.1, 0.15) is 0 Å². The van der Waals surface area contributed by atoms with Crippen molar-refractivity contribution in [3.8, 4) is 0 Å². The molecule has 0 rings (SSSR count). The molecule has 0 aromatic rings. The van der Waals surface area contributed by atoms with Gasteiger partial charge < -0.3 is 9.47 Å². The van der Waals surface area contributed by atoms with E-state index in [9.17, 15) is 9.59 Å². The molecule has 4 heteroatoms. The van der Waals surface area contributed by atoms with E-state index >= 15 is 0 Å². The summed E-state index contributed by atoms with van der Waals surface area (Å²) in [6.07, 6.45) is 1.06. The Morgan fingerprint density at radius 3 is 1.72 bits per heavy atom. The molecule has 0 saturated carbocycles. The largest absolute Gasteiger partial charge is 0.466 e. The number of ether oxygens (including phenoxy) is 2. The van der Waals surface area contributed by atoms with Crippen LogP contribution in [0.4, 0.5) is 0 Å². The Labute approximate surface area is 110 Å². The third kappa shape index (κ3) is 4.31. The monoisotopic (exact) mass is 258 g/mol. The molecule has 0 heterocycles. The van der Waals surface area contributed by atoms with Gasteiger partial charge in [0.15, 0.2) is 0 Å². The summed E-state index contributed by atoms with van der Waals surface area (Å²) in [6, 6.07) is 0. The first-order valence-corrected chi connectivity index (χ1v) is 6.58. The summed E-state index contributed by atoms with van der Waals surface area (Å²) < 4.78 is 10.1. The van der Waals surface area contributed by atoms with Crippen molar-refractivity contribution < 1.29 is 19.1 Å². The number of esters is 2. The van der Waals surface area contributed by atoms with Crippen molar-refractivity contribution in [2.24, 2.45) is 10.8 Å². The molecule has 0 N–H and O–H groups in total. The van der Waals surface area contributed by atoms with Crippen LogP contribution in [0.5, 0.6) is 0 Å². The second-order valence-electron chi connectivity index (χ2n) is 5.42. The van der Waals surface area contributed by atoms with Gasteiger partial charge in [-0.25, -0.2) is 0 Å². The first kappa shape index (κ1) is 16.9. The van der Waals surface area contributed by atoms with E-state index in [1.807, 2.05) is 13.8 Å². The van der Waals surface area contributed by atoms with E-state index in [1.165, 1.54) is 0 Å². The minimum absolute atomic E-state index is 0.245. The average molecular weight is 258 g/mol. The molecule has 0 amide bonds. The minimum atomic E-state index is -0.687. The van der Waals surface area contributed by atoms with Crippen molar-refractivity contribution >= 4 is 11.9 Å². The van der Waals surface area contributed by atoms with Crippen LogP contribution in [0.3, 0.4) is 0 Å². The van der Waals surface area contributed by atoms with Crippen molar-refractivity contribution in [1.29, 1.82) is 0 Å². The molecule has 1 atom stereocenters. The molecule has 0 saturated heterocycles. The van der Waals surface area contributed by atoms with Gasteiger partial charge in [-0.3, -0.25) is 9.59 Å². The zero-order chi connectivity index (χ0) is 14.4. The molecule has 0 radical (unpaired) electrons. The number of hydrogen-bond donors (Lipinski definition) is 0. The van der Waals surface area contributed by atoms with E-state index in [0.29, 0.717) is 26.1 Å². The summed E-state index contributed by atoms with van der Waals surface area (Å²) in [5.41, 5.74) is -1.33. The van der Waals surface area contributed by atoms with Gasteiger partial charge in [-0.2, -0.15) is 0 Å². The van der Waals surface area contributed by atoms with Gasteiger partial charge >= 0.3 is 11.9 Å². The first-order chi connectivity index (χ1) is 8.23. The van der Waals surface area contributed by atoms with Crippen LogP contribution >= 0.6 is 0 Å². The highest BCUT2D eigenvalue weighted by atomic mass is 16.5. The molecule has 0 aliphatic carbocycles. The third-order valence-corrected chi connectivity index (χ3v) is 3.21. The van der Waals surface area contributed by atoms with Crippen LogP contribution in [-0.4, -0.2) is 25.2 Å². The minimum Gasteiger partial charge on any atom is -0.466 e. The lowest BCUT2D eigenvalue weighted by Gasteiger charge is -2.33. The van der Waals surface area contributed by atoms with E-state index in [2.05, 4.69) is 0 Å². The van der Waals surface area contributed by atoms with Crippen LogP contribution in [-0.2, 0) is 19.1 Å². The predicted molar refractivity (Wildman–Crippen MR) is 70.1 cm³/mol. The fraction of sp³-hybridized carbons (Fsp3) is 0.857. The van der Waals surface area contributed by atoms with Crippen LogP contribution in [0.15, 0.2) is 0 Å². The Bertz CT molecular complexity index is 296. The van der Waals surface area contributed by atoms with Gasteiger partial charge in [0.05, 0.1) is 24.0 Å². The average Bonchev–Trinajstić information content (AvgIpc) is 2.29. The Hall–Kier alpha value is -1.06. The van der Waals surface area contributed by atoms with Crippen molar-refractivity contribution in [1.82, 2.24) is 0 Å². The summed E-state index contributed by atoms with van der Waals surface area (Å²) in [4.78, 5) is 23.8. The maximum atomic E-state index is 12.0. The molecule has 0 aromatic heterocycles. The maximum Gasteiger partial charge on any atom is 0.311 e. The number of rotatable bonds is 7. The van der Waals surface area contributed by atoms with Crippen LogP contribution in [0.25, 0.3) is 0 Å². The lowest BCUT2D eigenvalue weighted by molar-refractivity contribution is -0.162. The Morgan fingerprint density at radius 1 is 0.889 bits per heavy atom. The molecule has 0 aliphatic rings. The molecule has 0 spiro atoms. The van der Waals surface area contributed by atoms with E-state index < -0.39 is 10.8 Å². The molecule has 18 heavy (non-hydrogen) atoms. The molecular formula is C14H26O4. The zero-order valence-electron chi connectivity index (χ0n) is 12.5. The second kappa shape index (κ2) is 6.76. The molecule has 0 aliphatic heterocycles.